The third-order valence-corrected chi connectivity index (χ3v) is 5.81. The third-order valence-electron chi connectivity index (χ3n) is 3.90. The highest BCUT2D eigenvalue weighted by molar-refractivity contribution is 7.89. The molecule has 146 valence electrons. The van der Waals surface area contributed by atoms with Gasteiger partial charge in [-0.05, 0) is 42.7 Å². The number of amides is 1. The number of sulfonamides is 1. The van der Waals surface area contributed by atoms with Crippen LogP contribution in [0.25, 0.3) is 0 Å². The molecule has 27 heavy (non-hydrogen) atoms. The van der Waals surface area contributed by atoms with Gasteiger partial charge in [-0.25, -0.2) is 13.2 Å². The van der Waals surface area contributed by atoms with E-state index in [9.17, 15) is 13.2 Å². The summed E-state index contributed by atoms with van der Waals surface area (Å²) < 4.78 is 32.1. The first-order valence-corrected chi connectivity index (χ1v) is 10.5. The van der Waals surface area contributed by atoms with Crippen molar-refractivity contribution < 1.29 is 17.9 Å². The second-order valence-corrected chi connectivity index (χ2v) is 8.05. The zero-order valence-electron chi connectivity index (χ0n) is 15.7. The van der Waals surface area contributed by atoms with E-state index in [1.807, 2.05) is 44.2 Å². The minimum atomic E-state index is -3.53. The summed E-state index contributed by atoms with van der Waals surface area (Å²) in [4.78, 5) is 12.1. The van der Waals surface area contributed by atoms with Crippen molar-refractivity contribution in [1.82, 2.24) is 4.31 Å². The highest BCUT2D eigenvalue weighted by atomic mass is 32.2. The molecule has 0 saturated carbocycles. The Hall–Kier alpha value is -2.38. The number of rotatable bonds is 9. The van der Waals surface area contributed by atoms with Crippen molar-refractivity contribution in [2.45, 2.75) is 38.2 Å². The monoisotopic (exact) mass is 390 g/mol. The third kappa shape index (κ3) is 6.08. The lowest BCUT2D eigenvalue weighted by Gasteiger charge is -2.21. The van der Waals surface area contributed by atoms with Crippen molar-refractivity contribution in [3.8, 4) is 0 Å². The summed E-state index contributed by atoms with van der Waals surface area (Å²) in [5.74, 6) is 0. The number of anilines is 1. The molecule has 2 aromatic carbocycles. The summed E-state index contributed by atoms with van der Waals surface area (Å²) >= 11 is 0. The van der Waals surface area contributed by atoms with Gasteiger partial charge in [-0.3, -0.25) is 5.32 Å². The van der Waals surface area contributed by atoms with Crippen LogP contribution >= 0.6 is 0 Å². The minimum absolute atomic E-state index is 0.169. The van der Waals surface area contributed by atoms with Crippen LogP contribution in [0.4, 0.5) is 10.5 Å². The molecule has 0 atom stereocenters. The number of ether oxygens (including phenoxy) is 1. The molecule has 1 N–H and O–H groups in total. The highest BCUT2D eigenvalue weighted by Crippen LogP contribution is 2.19. The van der Waals surface area contributed by atoms with Crippen LogP contribution < -0.4 is 5.32 Å². The molecule has 0 heterocycles. The van der Waals surface area contributed by atoms with E-state index < -0.39 is 16.1 Å². The topological polar surface area (TPSA) is 75.7 Å². The first-order valence-electron chi connectivity index (χ1n) is 9.05. The predicted molar refractivity (Wildman–Crippen MR) is 106 cm³/mol. The molecule has 0 spiro atoms. The lowest BCUT2D eigenvalue weighted by molar-refractivity contribution is 0.155. The molecule has 0 radical (unpaired) electrons. The van der Waals surface area contributed by atoms with Crippen LogP contribution in [0.3, 0.4) is 0 Å². The maximum Gasteiger partial charge on any atom is 0.411 e. The molecule has 0 fully saturated rings. The summed E-state index contributed by atoms with van der Waals surface area (Å²) in [7, 11) is -3.53. The average Bonchev–Trinajstić information content (AvgIpc) is 2.67. The van der Waals surface area contributed by atoms with Crippen molar-refractivity contribution in [2.75, 3.05) is 18.4 Å². The van der Waals surface area contributed by atoms with Gasteiger partial charge < -0.3 is 4.74 Å². The Labute approximate surface area is 161 Å². The number of nitrogens with zero attached hydrogens (tertiary/aromatic N) is 1. The van der Waals surface area contributed by atoms with Gasteiger partial charge in [0.2, 0.25) is 10.0 Å². The SMILES string of the molecule is CCCN(CCC)S(=O)(=O)c1ccc(NC(=O)OCc2ccccc2)cc1. The number of hydrogen-bond donors (Lipinski definition) is 1. The van der Waals surface area contributed by atoms with E-state index in [1.54, 1.807) is 12.1 Å². The van der Waals surface area contributed by atoms with E-state index in [0.717, 1.165) is 18.4 Å². The fourth-order valence-electron chi connectivity index (χ4n) is 2.59. The molecule has 0 aromatic heterocycles. The van der Waals surface area contributed by atoms with Gasteiger partial charge in [0.25, 0.3) is 0 Å². The Kier molecular flexibility index (Phi) is 7.82. The molecular weight excluding hydrogens is 364 g/mol. The standard InChI is InChI=1S/C20H26N2O4S/c1-3-14-22(15-4-2)27(24,25)19-12-10-18(11-13-19)21-20(23)26-16-17-8-6-5-7-9-17/h5-13H,3-4,14-16H2,1-2H3,(H,21,23). The van der Waals surface area contributed by atoms with Gasteiger partial charge in [-0.1, -0.05) is 44.2 Å². The lowest BCUT2D eigenvalue weighted by atomic mass is 10.2. The van der Waals surface area contributed by atoms with Gasteiger partial charge >= 0.3 is 6.09 Å². The number of carbonyl (C=O) groups is 1. The zero-order valence-corrected chi connectivity index (χ0v) is 16.5. The van der Waals surface area contributed by atoms with Crippen molar-refractivity contribution in [3.05, 3.63) is 60.2 Å². The van der Waals surface area contributed by atoms with Crippen molar-refractivity contribution in [1.29, 1.82) is 0 Å². The molecule has 2 aromatic rings. The van der Waals surface area contributed by atoms with E-state index in [-0.39, 0.29) is 11.5 Å². The first-order chi connectivity index (χ1) is 13.0. The van der Waals surface area contributed by atoms with Crippen LogP contribution in [0.15, 0.2) is 59.5 Å². The van der Waals surface area contributed by atoms with E-state index in [2.05, 4.69) is 5.32 Å². The van der Waals surface area contributed by atoms with Gasteiger partial charge in [0.1, 0.15) is 6.61 Å². The normalized spacial score (nSPS) is 11.4. The molecule has 7 heteroatoms. The molecule has 0 saturated heterocycles. The molecule has 0 unspecified atom stereocenters. The van der Waals surface area contributed by atoms with Gasteiger partial charge in [0.15, 0.2) is 0 Å². The molecule has 2 rings (SSSR count). The van der Waals surface area contributed by atoms with Crippen LogP contribution in [-0.2, 0) is 21.4 Å². The molecule has 0 aliphatic carbocycles. The van der Waals surface area contributed by atoms with Crippen LogP contribution in [0.2, 0.25) is 0 Å². The van der Waals surface area contributed by atoms with E-state index in [1.165, 1.54) is 16.4 Å². The number of hydrogen-bond acceptors (Lipinski definition) is 4. The largest absolute Gasteiger partial charge is 0.444 e. The Balaban J connectivity index is 1.98. The first kappa shape index (κ1) is 20.9. The smallest absolute Gasteiger partial charge is 0.411 e. The average molecular weight is 391 g/mol. The van der Waals surface area contributed by atoms with Crippen molar-refractivity contribution >= 4 is 21.8 Å². The Morgan fingerprint density at radius 2 is 1.56 bits per heavy atom. The van der Waals surface area contributed by atoms with Gasteiger partial charge in [-0.2, -0.15) is 4.31 Å². The quantitative estimate of drug-likeness (QED) is 0.695. The van der Waals surface area contributed by atoms with Crippen molar-refractivity contribution in [3.63, 3.8) is 0 Å². The van der Waals surface area contributed by atoms with Gasteiger partial charge in [0.05, 0.1) is 4.90 Å². The second-order valence-electron chi connectivity index (χ2n) is 6.12. The summed E-state index contributed by atoms with van der Waals surface area (Å²) in [5.41, 5.74) is 1.37. The maximum atomic E-state index is 12.7. The molecular formula is C20H26N2O4S. The molecule has 0 bridgehead atoms. The predicted octanol–water partition coefficient (Wildman–Crippen LogP) is 4.25. The van der Waals surface area contributed by atoms with Crippen LogP contribution in [-0.4, -0.2) is 31.9 Å². The van der Waals surface area contributed by atoms with Gasteiger partial charge in [0, 0.05) is 18.8 Å². The maximum absolute atomic E-state index is 12.7. The number of benzene rings is 2. The number of carbonyl (C=O) groups excluding carboxylic acids is 1. The summed E-state index contributed by atoms with van der Waals surface area (Å²) in [6, 6.07) is 15.5. The Morgan fingerprint density at radius 3 is 2.11 bits per heavy atom. The summed E-state index contributed by atoms with van der Waals surface area (Å²) in [6.07, 6.45) is 0.922. The van der Waals surface area contributed by atoms with Gasteiger partial charge in [-0.15, -0.1) is 0 Å². The number of nitrogens with one attached hydrogen (secondary N) is 1. The van der Waals surface area contributed by atoms with E-state index in [0.29, 0.717) is 18.8 Å². The van der Waals surface area contributed by atoms with E-state index in [4.69, 9.17) is 4.74 Å². The van der Waals surface area contributed by atoms with Crippen LogP contribution in [0.1, 0.15) is 32.3 Å². The Bertz CT molecular complexity index is 815. The fourth-order valence-corrected chi connectivity index (χ4v) is 4.21. The molecule has 6 nitrogen and oxygen atoms in total. The van der Waals surface area contributed by atoms with E-state index >= 15 is 0 Å². The van der Waals surface area contributed by atoms with Crippen molar-refractivity contribution in [2.24, 2.45) is 0 Å². The Morgan fingerprint density at radius 1 is 0.963 bits per heavy atom. The molecule has 0 aliphatic rings. The second kappa shape index (κ2) is 10.1. The lowest BCUT2D eigenvalue weighted by Crippen LogP contribution is -2.32. The minimum Gasteiger partial charge on any atom is -0.444 e. The molecule has 0 aliphatic heterocycles. The van der Waals surface area contributed by atoms with Crippen LogP contribution in [0, 0.1) is 0 Å². The van der Waals surface area contributed by atoms with Crippen LogP contribution in [0.5, 0.6) is 0 Å². The molecule has 1 amide bonds. The zero-order chi connectivity index (χ0) is 19.7. The summed E-state index contributed by atoms with van der Waals surface area (Å²) in [6.45, 7) is 5.05. The fraction of sp³-hybridized carbons (Fsp3) is 0.350. The summed E-state index contributed by atoms with van der Waals surface area (Å²) in [5, 5.41) is 2.60. The highest BCUT2D eigenvalue weighted by Gasteiger charge is 2.22.